The maximum absolute atomic E-state index is 12.1. The summed E-state index contributed by atoms with van der Waals surface area (Å²) in [7, 11) is 0. The summed E-state index contributed by atoms with van der Waals surface area (Å²) in [6.07, 6.45) is 1.90. The molecular weight excluding hydrogens is 222 g/mol. The summed E-state index contributed by atoms with van der Waals surface area (Å²) >= 11 is 0. The molecule has 1 rings (SSSR count). The number of nitrogens with zero attached hydrogens (tertiary/aromatic N) is 1. The second-order valence-corrected chi connectivity index (χ2v) is 4.51. The van der Waals surface area contributed by atoms with Crippen molar-refractivity contribution in [1.29, 1.82) is 0 Å². The predicted octanol–water partition coefficient (Wildman–Crippen LogP) is 1.42. The lowest BCUT2D eigenvalue weighted by molar-refractivity contribution is -0.143. The molecule has 5 nitrogen and oxygen atoms in total. The zero-order valence-corrected chi connectivity index (χ0v) is 10.4. The second-order valence-electron chi connectivity index (χ2n) is 4.51. The molecule has 2 amide bonds. The summed E-state index contributed by atoms with van der Waals surface area (Å²) in [6.45, 7) is 4.05. The third kappa shape index (κ3) is 2.65. The average Bonchev–Trinajstić information content (AvgIpc) is 2.53. The fraction of sp³-hybridized carbons (Fsp3) is 0.750. The molecule has 5 heteroatoms. The first-order valence-corrected chi connectivity index (χ1v) is 6.03. The Bertz CT molecular complexity index is 333. The molecule has 0 radical (unpaired) electrons. The van der Waals surface area contributed by atoms with Gasteiger partial charge in [0.05, 0.1) is 5.41 Å². The molecule has 1 N–H and O–H groups in total. The third-order valence-electron chi connectivity index (χ3n) is 3.62. The van der Waals surface area contributed by atoms with Crippen molar-refractivity contribution >= 4 is 17.8 Å². The smallest absolute Gasteiger partial charge is 0.303 e. The number of carbonyl (C=O) groups is 3. The lowest BCUT2D eigenvalue weighted by atomic mass is 9.81. The van der Waals surface area contributed by atoms with E-state index in [1.54, 1.807) is 0 Å². The summed E-state index contributed by atoms with van der Waals surface area (Å²) in [5.74, 6) is -1.19. The van der Waals surface area contributed by atoms with Crippen molar-refractivity contribution in [3.8, 4) is 0 Å². The molecule has 1 heterocycles. The first kappa shape index (κ1) is 13.7. The highest BCUT2D eigenvalue weighted by atomic mass is 16.4. The molecule has 17 heavy (non-hydrogen) atoms. The van der Waals surface area contributed by atoms with Gasteiger partial charge in [0, 0.05) is 19.4 Å². The molecule has 0 unspecified atom stereocenters. The molecule has 96 valence electrons. The molecule has 0 atom stereocenters. The first-order chi connectivity index (χ1) is 7.96. The van der Waals surface area contributed by atoms with Gasteiger partial charge < -0.3 is 5.11 Å². The molecular formula is C12H19NO4. The van der Waals surface area contributed by atoms with Crippen LogP contribution in [0.2, 0.25) is 0 Å². The largest absolute Gasteiger partial charge is 0.481 e. The minimum absolute atomic E-state index is 0.0116. The van der Waals surface area contributed by atoms with Crippen LogP contribution in [0, 0.1) is 5.41 Å². The van der Waals surface area contributed by atoms with Crippen LogP contribution in [0.25, 0.3) is 0 Å². The van der Waals surface area contributed by atoms with E-state index >= 15 is 0 Å². The molecule has 1 saturated heterocycles. The fourth-order valence-electron chi connectivity index (χ4n) is 2.28. The maximum atomic E-state index is 12.1. The summed E-state index contributed by atoms with van der Waals surface area (Å²) in [6, 6.07) is 0. The highest BCUT2D eigenvalue weighted by Crippen LogP contribution is 2.39. The summed E-state index contributed by atoms with van der Waals surface area (Å²) in [4.78, 5) is 35.5. The number of amides is 2. The van der Waals surface area contributed by atoms with Crippen LogP contribution >= 0.6 is 0 Å². The monoisotopic (exact) mass is 241 g/mol. The van der Waals surface area contributed by atoms with Crippen LogP contribution in [-0.4, -0.2) is 34.3 Å². The van der Waals surface area contributed by atoms with E-state index in [2.05, 4.69) is 0 Å². The van der Waals surface area contributed by atoms with Crippen LogP contribution < -0.4 is 0 Å². The maximum Gasteiger partial charge on any atom is 0.303 e. The number of hydrogen-bond donors (Lipinski definition) is 1. The molecule has 0 aromatic heterocycles. The van der Waals surface area contributed by atoms with E-state index in [-0.39, 0.29) is 31.2 Å². The van der Waals surface area contributed by atoms with Crippen molar-refractivity contribution < 1.29 is 19.5 Å². The van der Waals surface area contributed by atoms with E-state index in [4.69, 9.17) is 5.11 Å². The quantitative estimate of drug-likeness (QED) is 0.713. The van der Waals surface area contributed by atoms with E-state index in [1.807, 2.05) is 13.8 Å². The van der Waals surface area contributed by atoms with E-state index in [9.17, 15) is 14.4 Å². The average molecular weight is 241 g/mol. The van der Waals surface area contributed by atoms with Crippen molar-refractivity contribution in [1.82, 2.24) is 4.90 Å². The van der Waals surface area contributed by atoms with Gasteiger partial charge in [-0.05, 0) is 19.3 Å². The van der Waals surface area contributed by atoms with Crippen LogP contribution in [0.3, 0.4) is 0 Å². The number of carbonyl (C=O) groups excluding carboxylic acids is 2. The summed E-state index contributed by atoms with van der Waals surface area (Å²) in [5, 5.41) is 8.53. The standard InChI is InChI=1S/C12H19NO4/c1-3-12(4-2)8-9(14)13(11(12)17)7-5-6-10(15)16/h3-8H2,1-2H3,(H,15,16). The van der Waals surface area contributed by atoms with Crippen LogP contribution in [0.15, 0.2) is 0 Å². The van der Waals surface area contributed by atoms with Gasteiger partial charge in [-0.25, -0.2) is 0 Å². The number of rotatable bonds is 6. The van der Waals surface area contributed by atoms with Crippen molar-refractivity contribution in [2.24, 2.45) is 5.41 Å². The topological polar surface area (TPSA) is 74.7 Å². The molecule has 0 aliphatic carbocycles. The molecule has 0 bridgehead atoms. The van der Waals surface area contributed by atoms with Gasteiger partial charge in [0.15, 0.2) is 0 Å². The Balaban J connectivity index is 2.66. The van der Waals surface area contributed by atoms with Crippen LogP contribution in [0.5, 0.6) is 0 Å². The Hall–Kier alpha value is -1.39. The molecule has 1 aliphatic rings. The van der Waals surface area contributed by atoms with E-state index in [1.165, 1.54) is 4.90 Å². The Kier molecular flexibility index (Phi) is 4.26. The lowest BCUT2D eigenvalue weighted by Gasteiger charge is -2.23. The number of carboxylic acid groups (broad SMARTS) is 1. The zero-order valence-electron chi connectivity index (χ0n) is 10.4. The van der Waals surface area contributed by atoms with Crippen LogP contribution in [0.4, 0.5) is 0 Å². The summed E-state index contributed by atoms with van der Waals surface area (Å²) in [5.41, 5.74) is -0.541. The van der Waals surface area contributed by atoms with Gasteiger partial charge in [0.2, 0.25) is 11.8 Å². The molecule has 0 saturated carbocycles. The second kappa shape index (κ2) is 5.29. The first-order valence-electron chi connectivity index (χ1n) is 6.03. The molecule has 1 fully saturated rings. The van der Waals surface area contributed by atoms with Crippen molar-refractivity contribution in [2.45, 2.75) is 46.0 Å². The molecule has 1 aliphatic heterocycles. The molecule has 0 spiro atoms. The van der Waals surface area contributed by atoms with Gasteiger partial charge in [-0.1, -0.05) is 13.8 Å². The minimum atomic E-state index is -0.902. The van der Waals surface area contributed by atoms with Crippen molar-refractivity contribution in [2.75, 3.05) is 6.54 Å². The SMILES string of the molecule is CCC1(CC)CC(=O)N(CCCC(=O)O)C1=O. The lowest BCUT2D eigenvalue weighted by Crippen LogP contribution is -2.36. The fourth-order valence-corrected chi connectivity index (χ4v) is 2.28. The summed E-state index contributed by atoms with van der Waals surface area (Å²) < 4.78 is 0. The van der Waals surface area contributed by atoms with E-state index < -0.39 is 11.4 Å². The van der Waals surface area contributed by atoms with Crippen LogP contribution in [0.1, 0.15) is 46.0 Å². The Morgan fingerprint density at radius 2 is 1.94 bits per heavy atom. The number of likely N-dealkylation sites (tertiary alicyclic amines) is 1. The number of carboxylic acids is 1. The highest BCUT2D eigenvalue weighted by molar-refractivity contribution is 6.05. The van der Waals surface area contributed by atoms with Crippen LogP contribution in [-0.2, 0) is 14.4 Å². The number of imide groups is 1. The highest BCUT2D eigenvalue weighted by Gasteiger charge is 2.48. The van der Waals surface area contributed by atoms with Gasteiger partial charge in [-0.2, -0.15) is 0 Å². The number of hydrogen-bond acceptors (Lipinski definition) is 3. The van der Waals surface area contributed by atoms with Gasteiger partial charge in [0.1, 0.15) is 0 Å². The number of aliphatic carboxylic acids is 1. The normalized spacial score (nSPS) is 18.8. The molecule has 0 aromatic carbocycles. The minimum Gasteiger partial charge on any atom is -0.481 e. The Morgan fingerprint density at radius 1 is 1.35 bits per heavy atom. The Morgan fingerprint density at radius 3 is 2.35 bits per heavy atom. The van der Waals surface area contributed by atoms with Crippen molar-refractivity contribution in [3.63, 3.8) is 0 Å². The predicted molar refractivity (Wildman–Crippen MR) is 61.2 cm³/mol. The van der Waals surface area contributed by atoms with Crippen molar-refractivity contribution in [3.05, 3.63) is 0 Å². The third-order valence-corrected chi connectivity index (χ3v) is 3.62. The van der Waals surface area contributed by atoms with Gasteiger partial charge in [-0.15, -0.1) is 0 Å². The van der Waals surface area contributed by atoms with E-state index in [0.717, 1.165) is 0 Å². The zero-order chi connectivity index (χ0) is 13.1. The molecule has 0 aromatic rings. The Labute approximate surface area is 101 Å². The van der Waals surface area contributed by atoms with Gasteiger partial charge in [0.25, 0.3) is 0 Å². The van der Waals surface area contributed by atoms with Gasteiger partial charge in [-0.3, -0.25) is 19.3 Å². The van der Waals surface area contributed by atoms with E-state index in [0.29, 0.717) is 19.3 Å². The van der Waals surface area contributed by atoms with Gasteiger partial charge >= 0.3 is 5.97 Å².